The first-order valence-electron chi connectivity index (χ1n) is 7.34. The van der Waals surface area contributed by atoms with Gasteiger partial charge >= 0.3 is 0 Å². The van der Waals surface area contributed by atoms with Gasteiger partial charge in [-0.1, -0.05) is 23.2 Å². The van der Waals surface area contributed by atoms with E-state index in [4.69, 9.17) is 32.7 Å². The Hall–Kier alpha value is -1.05. The van der Waals surface area contributed by atoms with E-state index < -0.39 is 24.5 Å². The van der Waals surface area contributed by atoms with Gasteiger partial charge in [-0.15, -0.1) is 0 Å². The van der Waals surface area contributed by atoms with Gasteiger partial charge in [0.05, 0.1) is 33.3 Å². The fourth-order valence-electron chi connectivity index (χ4n) is 2.65. The number of aliphatic hydroxyl groups is 2. The van der Waals surface area contributed by atoms with Crippen LogP contribution in [0.3, 0.4) is 0 Å². The number of halogens is 2. The van der Waals surface area contributed by atoms with Gasteiger partial charge < -0.3 is 19.7 Å². The Morgan fingerprint density at radius 2 is 1.87 bits per heavy atom. The van der Waals surface area contributed by atoms with E-state index >= 15 is 0 Å². The lowest BCUT2D eigenvalue weighted by Crippen LogP contribution is -2.30. The van der Waals surface area contributed by atoms with Gasteiger partial charge in [-0.3, -0.25) is 4.57 Å². The number of hydrogen-bond acceptors (Lipinski definition) is 5. The summed E-state index contributed by atoms with van der Waals surface area (Å²) in [5, 5.41) is 21.0. The zero-order valence-electron chi connectivity index (χ0n) is 12.9. The molecule has 0 unspecified atom stereocenters. The van der Waals surface area contributed by atoms with E-state index in [1.54, 1.807) is 23.6 Å². The van der Waals surface area contributed by atoms with Crippen LogP contribution in [-0.4, -0.2) is 44.2 Å². The number of imidazole rings is 1. The molecular weight excluding hydrogens is 343 g/mol. The highest BCUT2D eigenvalue weighted by Crippen LogP contribution is 2.38. The van der Waals surface area contributed by atoms with Crippen LogP contribution in [-0.2, 0) is 4.74 Å². The summed E-state index contributed by atoms with van der Waals surface area (Å²) in [6.45, 7) is 5.43. The van der Waals surface area contributed by atoms with E-state index in [0.29, 0.717) is 21.1 Å². The van der Waals surface area contributed by atoms with E-state index in [1.165, 1.54) is 0 Å². The summed E-state index contributed by atoms with van der Waals surface area (Å²) in [6.07, 6.45) is -3.56. The second kappa shape index (κ2) is 6.11. The van der Waals surface area contributed by atoms with Gasteiger partial charge in [0.25, 0.3) is 6.01 Å². The van der Waals surface area contributed by atoms with Gasteiger partial charge in [0.2, 0.25) is 0 Å². The smallest absolute Gasteiger partial charge is 0.299 e. The molecule has 0 spiro atoms. The lowest BCUT2D eigenvalue weighted by molar-refractivity contribution is -0.0352. The first-order valence-corrected chi connectivity index (χ1v) is 8.10. The molecular formula is C15H18Cl2N2O4. The second-order valence-electron chi connectivity index (χ2n) is 5.90. The van der Waals surface area contributed by atoms with Gasteiger partial charge in [-0.25, -0.2) is 0 Å². The van der Waals surface area contributed by atoms with Crippen LogP contribution in [0.1, 0.15) is 27.0 Å². The summed E-state index contributed by atoms with van der Waals surface area (Å²) in [5.41, 5.74) is 1.18. The molecule has 1 aromatic heterocycles. The van der Waals surface area contributed by atoms with Crippen LogP contribution in [0, 0.1) is 0 Å². The van der Waals surface area contributed by atoms with Crippen LogP contribution < -0.4 is 4.74 Å². The Kier molecular flexibility index (Phi) is 4.46. The molecule has 2 heterocycles. The third-order valence-corrected chi connectivity index (χ3v) is 4.49. The number of hydrogen-bond donors (Lipinski definition) is 2. The normalized spacial score (nSPS) is 28.0. The molecule has 1 fully saturated rings. The number of aromatic nitrogens is 2. The number of fused-ring (bicyclic) bond motifs is 1. The molecule has 0 bridgehead atoms. The number of rotatable bonds is 3. The van der Waals surface area contributed by atoms with E-state index in [0.717, 1.165) is 0 Å². The van der Waals surface area contributed by atoms with E-state index in [2.05, 4.69) is 4.98 Å². The molecule has 6 nitrogen and oxygen atoms in total. The Labute approximate surface area is 143 Å². The molecule has 3 rings (SSSR count). The van der Waals surface area contributed by atoms with E-state index in [1.807, 2.05) is 13.8 Å². The highest BCUT2D eigenvalue weighted by Gasteiger charge is 2.43. The summed E-state index contributed by atoms with van der Waals surface area (Å²) in [4.78, 5) is 4.41. The molecule has 0 amide bonds. The monoisotopic (exact) mass is 360 g/mol. The van der Waals surface area contributed by atoms with Crippen LogP contribution in [0.5, 0.6) is 6.01 Å². The Bertz CT molecular complexity index is 734. The van der Waals surface area contributed by atoms with Crippen molar-refractivity contribution < 1.29 is 19.7 Å². The fourth-order valence-corrected chi connectivity index (χ4v) is 2.96. The molecule has 2 N–H and O–H groups in total. The number of benzene rings is 1. The maximum atomic E-state index is 10.3. The van der Waals surface area contributed by atoms with Crippen molar-refractivity contribution in [3.8, 4) is 6.01 Å². The van der Waals surface area contributed by atoms with Gasteiger partial charge in [0, 0.05) is 0 Å². The van der Waals surface area contributed by atoms with Crippen LogP contribution in [0.15, 0.2) is 12.1 Å². The van der Waals surface area contributed by atoms with Gasteiger partial charge in [-0.2, -0.15) is 4.98 Å². The Morgan fingerprint density at radius 1 is 1.22 bits per heavy atom. The number of nitrogens with zero attached hydrogens (tertiary/aromatic N) is 2. The highest BCUT2D eigenvalue weighted by molar-refractivity contribution is 6.42. The molecule has 0 radical (unpaired) electrons. The fraction of sp³-hybridized carbons (Fsp3) is 0.533. The van der Waals surface area contributed by atoms with Crippen LogP contribution in [0.25, 0.3) is 11.0 Å². The van der Waals surface area contributed by atoms with Crippen LogP contribution in [0.2, 0.25) is 10.0 Å². The predicted octanol–water partition coefficient (Wildman–Crippen LogP) is 2.77. The molecule has 0 aliphatic carbocycles. The van der Waals surface area contributed by atoms with Crippen molar-refractivity contribution in [3.63, 3.8) is 0 Å². The van der Waals surface area contributed by atoms with Gasteiger partial charge in [-0.05, 0) is 32.9 Å². The second-order valence-corrected chi connectivity index (χ2v) is 6.71. The van der Waals surface area contributed by atoms with E-state index in [-0.39, 0.29) is 12.1 Å². The average molecular weight is 361 g/mol. The van der Waals surface area contributed by atoms with Crippen molar-refractivity contribution in [1.82, 2.24) is 9.55 Å². The molecule has 2 aromatic rings. The van der Waals surface area contributed by atoms with Gasteiger partial charge in [0.1, 0.15) is 12.2 Å². The van der Waals surface area contributed by atoms with Crippen molar-refractivity contribution in [1.29, 1.82) is 0 Å². The molecule has 23 heavy (non-hydrogen) atoms. The molecule has 1 aliphatic heterocycles. The van der Waals surface area contributed by atoms with Crippen molar-refractivity contribution in [2.75, 3.05) is 0 Å². The Morgan fingerprint density at radius 3 is 2.43 bits per heavy atom. The third-order valence-electron chi connectivity index (χ3n) is 3.77. The lowest BCUT2D eigenvalue weighted by Gasteiger charge is -2.20. The lowest BCUT2D eigenvalue weighted by atomic mass is 10.1. The largest absolute Gasteiger partial charge is 0.462 e. The predicted molar refractivity (Wildman–Crippen MR) is 87.1 cm³/mol. The van der Waals surface area contributed by atoms with Crippen LogP contribution in [0.4, 0.5) is 0 Å². The summed E-state index contributed by atoms with van der Waals surface area (Å²) < 4.78 is 13.0. The summed E-state index contributed by atoms with van der Waals surface area (Å²) in [5.74, 6) is 0. The molecule has 1 aromatic carbocycles. The molecule has 8 heteroatoms. The molecule has 1 saturated heterocycles. The first kappa shape index (κ1) is 16.8. The number of aliphatic hydroxyl groups excluding tert-OH is 2. The van der Waals surface area contributed by atoms with Crippen molar-refractivity contribution >= 4 is 34.2 Å². The van der Waals surface area contributed by atoms with Crippen LogP contribution >= 0.6 is 23.2 Å². The molecule has 126 valence electrons. The topological polar surface area (TPSA) is 76.7 Å². The minimum Gasteiger partial charge on any atom is -0.462 e. The zero-order chi connectivity index (χ0) is 16.9. The first-order chi connectivity index (χ1) is 10.8. The van der Waals surface area contributed by atoms with Gasteiger partial charge in [0.15, 0.2) is 6.23 Å². The summed E-state index contributed by atoms with van der Waals surface area (Å²) in [6, 6.07) is 3.55. The summed E-state index contributed by atoms with van der Waals surface area (Å²) >= 11 is 12.2. The maximum absolute atomic E-state index is 10.3. The summed E-state index contributed by atoms with van der Waals surface area (Å²) in [7, 11) is 0. The SMILES string of the molecule is CC(C)Oc1nc2cc(Cl)c(Cl)cc2n1[C@@H]1O[C@H](C)[C@@H](O)[C@H]1O. The minimum absolute atomic E-state index is 0.127. The molecule has 4 atom stereocenters. The van der Waals surface area contributed by atoms with E-state index in [9.17, 15) is 10.2 Å². The molecule has 0 saturated carbocycles. The quantitative estimate of drug-likeness (QED) is 0.879. The average Bonchev–Trinajstić information content (AvgIpc) is 2.91. The standard InChI is InChI=1S/C15H18Cl2N2O4/c1-6(2)22-15-18-10-4-8(16)9(17)5-11(10)19(15)14-13(21)12(20)7(3)23-14/h4-7,12-14,20-21H,1-3H3/t7-,12-,13-,14-/m1/s1. The highest BCUT2D eigenvalue weighted by atomic mass is 35.5. The maximum Gasteiger partial charge on any atom is 0.299 e. The Balaban J connectivity index is 2.18. The van der Waals surface area contributed by atoms with Crippen molar-refractivity contribution in [3.05, 3.63) is 22.2 Å². The number of ether oxygens (including phenoxy) is 2. The third kappa shape index (κ3) is 2.90. The molecule has 1 aliphatic rings. The van der Waals surface area contributed by atoms with Crippen molar-refractivity contribution in [2.45, 2.75) is 51.4 Å². The zero-order valence-corrected chi connectivity index (χ0v) is 14.4. The minimum atomic E-state index is -1.11. The van der Waals surface area contributed by atoms with Crippen molar-refractivity contribution in [2.24, 2.45) is 0 Å².